The normalized spacial score (nSPS) is 20.4. The molecule has 0 amide bonds. The Bertz CT molecular complexity index is 221. The van der Waals surface area contributed by atoms with Gasteiger partial charge in [0.15, 0.2) is 0 Å². The second-order valence-corrected chi connectivity index (χ2v) is 6.81. The maximum absolute atomic E-state index is 3.68. The topological polar surface area (TPSA) is 12.0 Å². The van der Waals surface area contributed by atoms with Crippen LogP contribution in [0.2, 0.25) is 0 Å². The Morgan fingerprint density at radius 3 is 1.38 bits per heavy atom. The van der Waals surface area contributed by atoms with Crippen LogP contribution in [0.5, 0.6) is 0 Å². The zero-order chi connectivity index (χ0) is 15.2. The number of hydrogen-bond acceptors (Lipinski definition) is 1. The molecular formula is C20H37N. The lowest BCUT2D eigenvalue weighted by Crippen LogP contribution is -2.22. The van der Waals surface area contributed by atoms with Gasteiger partial charge in [-0.1, -0.05) is 89.5 Å². The molecule has 21 heavy (non-hydrogen) atoms. The maximum Gasteiger partial charge on any atom is -0.00463 e. The average molecular weight is 292 g/mol. The van der Waals surface area contributed by atoms with Crippen molar-refractivity contribution in [3.05, 3.63) is 25.3 Å². The van der Waals surface area contributed by atoms with E-state index in [-0.39, 0.29) is 0 Å². The minimum atomic E-state index is 1.05. The lowest BCUT2D eigenvalue weighted by atomic mass is 9.86. The lowest BCUT2D eigenvalue weighted by Gasteiger charge is -2.23. The highest BCUT2D eigenvalue weighted by Gasteiger charge is 2.14. The molecule has 2 aliphatic carbocycles. The zero-order valence-corrected chi connectivity index (χ0v) is 14.1. The third kappa shape index (κ3) is 9.90. The van der Waals surface area contributed by atoms with Gasteiger partial charge in [-0.3, -0.25) is 0 Å². The molecule has 0 aliphatic heterocycles. The van der Waals surface area contributed by atoms with Crippen LogP contribution in [0.25, 0.3) is 0 Å². The van der Waals surface area contributed by atoms with Crippen LogP contribution in [-0.4, -0.2) is 13.1 Å². The van der Waals surface area contributed by atoms with Crippen LogP contribution in [-0.2, 0) is 0 Å². The van der Waals surface area contributed by atoms with E-state index in [4.69, 9.17) is 0 Å². The Hall–Kier alpha value is -0.560. The standard InChI is InChI=1S/C16H31N.C4H6/c1-3-7-15(8-4-1)11-13-17-14-12-16-9-5-2-6-10-16;1-3-4-2/h15-17H,1-14H2;3-4H,1-2H2. The first-order chi connectivity index (χ1) is 10.4. The second kappa shape index (κ2) is 13.1. The quantitative estimate of drug-likeness (QED) is 0.456. The van der Waals surface area contributed by atoms with Gasteiger partial charge in [-0.2, -0.15) is 0 Å². The van der Waals surface area contributed by atoms with E-state index >= 15 is 0 Å². The lowest BCUT2D eigenvalue weighted by molar-refractivity contribution is 0.317. The van der Waals surface area contributed by atoms with Gasteiger partial charge >= 0.3 is 0 Å². The summed E-state index contributed by atoms with van der Waals surface area (Å²) in [7, 11) is 0. The van der Waals surface area contributed by atoms with Crippen molar-refractivity contribution in [2.24, 2.45) is 11.8 Å². The first kappa shape index (κ1) is 18.5. The fourth-order valence-corrected chi connectivity index (χ4v) is 3.69. The van der Waals surface area contributed by atoms with E-state index < -0.39 is 0 Å². The SMILES string of the molecule is C1CCC(CCNCCC2CCCCC2)CC1.C=CC=C. The molecule has 2 rings (SSSR count). The molecule has 2 saturated carbocycles. The Morgan fingerprint density at radius 2 is 1.05 bits per heavy atom. The van der Waals surface area contributed by atoms with Gasteiger partial charge in [0.25, 0.3) is 0 Å². The van der Waals surface area contributed by atoms with Crippen LogP contribution in [0.15, 0.2) is 25.3 Å². The predicted molar refractivity (Wildman–Crippen MR) is 95.6 cm³/mol. The van der Waals surface area contributed by atoms with Crippen LogP contribution in [0.3, 0.4) is 0 Å². The van der Waals surface area contributed by atoms with Crippen molar-refractivity contribution < 1.29 is 0 Å². The molecule has 0 aromatic rings. The van der Waals surface area contributed by atoms with E-state index in [0.717, 1.165) is 11.8 Å². The van der Waals surface area contributed by atoms with Gasteiger partial charge in [-0.05, 0) is 37.8 Å². The van der Waals surface area contributed by atoms with Gasteiger partial charge in [0, 0.05) is 0 Å². The molecule has 0 saturated heterocycles. The molecule has 1 nitrogen and oxygen atoms in total. The molecule has 122 valence electrons. The maximum atomic E-state index is 3.68. The Morgan fingerprint density at radius 1 is 0.667 bits per heavy atom. The molecule has 0 aromatic heterocycles. The third-order valence-corrected chi connectivity index (χ3v) is 5.07. The van der Waals surface area contributed by atoms with E-state index in [2.05, 4.69) is 18.5 Å². The predicted octanol–water partition coefficient (Wildman–Crippen LogP) is 5.88. The summed E-state index contributed by atoms with van der Waals surface area (Å²) in [5.41, 5.74) is 0. The molecule has 1 heteroatoms. The molecule has 0 radical (unpaired) electrons. The van der Waals surface area contributed by atoms with E-state index in [0.29, 0.717) is 0 Å². The summed E-state index contributed by atoms with van der Waals surface area (Å²) in [4.78, 5) is 0. The van der Waals surface area contributed by atoms with Crippen molar-refractivity contribution >= 4 is 0 Å². The smallest absolute Gasteiger partial charge is 0.00463 e. The summed E-state index contributed by atoms with van der Waals surface area (Å²) in [6.07, 6.45) is 21.1. The molecule has 2 aliphatic rings. The van der Waals surface area contributed by atoms with Crippen molar-refractivity contribution in [2.75, 3.05) is 13.1 Å². The largest absolute Gasteiger partial charge is 0.317 e. The fourth-order valence-electron chi connectivity index (χ4n) is 3.69. The summed E-state index contributed by atoms with van der Waals surface area (Å²) >= 11 is 0. The van der Waals surface area contributed by atoms with E-state index in [9.17, 15) is 0 Å². The molecule has 0 spiro atoms. The van der Waals surface area contributed by atoms with Gasteiger partial charge in [-0.15, -0.1) is 0 Å². The van der Waals surface area contributed by atoms with Gasteiger partial charge in [0.1, 0.15) is 0 Å². The summed E-state index contributed by atoms with van der Waals surface area (Å²) in [5.74, 6) is 2.09. The van der Waals surface area contributed by atoms with Crippen LogP contribution in [0, 0.1) is 11.8 Å². The second-order valence-electron chi connectivity index (χ2n) is 6.81. The number of rotatable bonds is 7. The highest BCUT2D eigenvalue weighted by atomic mass is 14.8. The molecule has 1 N–H and O–H groups in total. The van der Waals surface area contributed by atoms with Gasteiger partial charge in [-0.25, -0.2) is 0 Å². The number of nitrogens with one attached hydrogen (secondary N) is 1. The Labute approximate surface area is 133 Å². The summed E-state index contributed by atoms with van der Waals surface area (Å²) in [6.45, 7) is 9.27. The van der Waals surface area contributed by atoms with Crippen LogP contribution < -0.4 is 5.32 Å². The van der Waals surface area contributed by atoms with Crippen molar-refractivity contribution in [3.63, 3.8) is 0 Å². The highest BCUT2D eigenvalue weighted by molar-refractivity contribution is 4.88. The Kier molecular flexibility index (Phi) is 11.6. The monoisotopic (exact) mass is 291 g/mol. The van der Waals surface area contributed by atoms with Crippen LogP contribution in [0.1, 0.15) is 77.0 Å². The summed E-state index contributed by atoms with van der Waals surface area (Å²) < 4.78 is 0. The van der Waals surface area contributed by atoms with Gasteiger partial charge in [0.2, 0.25) is 0 Å². The molecule has 0 bridgehead atoms. The first-order valence-corrected chi connectivity index (χ1v) is 9.31. The molecule has 0 atom stereocenters. The van der Waals surface area contributed by atoms with E-state index in [1.165, 1.54) is 90.1 Å². The van der Waals surface area contributed by atoms with Crippen molar-refractivity contribution in [3.8, 4) is 0 Å². The van der Waals surface area contributed by atoms with E-state index in [1.807, 2.05) is 0 Å². The summed E-state index contributed by atoms with van der Waals surface area (Å²) in [6, 6.07) is 0. The van der Waals surface area contributed by atoms with Crippen molar-refractivity contribution in [1.29, 1.82) is 0 Å². The zero-order valence-electron chi connectivity index (χ0n) is 14.1. The molecule has 0 unspecified atom stereocenters. The molecular weight excluding hydrogens is 254 g/mol. The molecule has 0 aromatic carbocycles. The highest BCUT2D eigenvalue weighted by Crippen LogP contribution is 2.26. The summed E-state index contributed by atoms with van der Waals surface area (Å²) in [5, 5.41) is 3.68. The molecule has 0 heterocycles. The number of allylic oxidation sites excluding steroid dienone is 2. The van der Waals surface area contributed by atoms with Crippen molar-refractivity contribution in [1.82, 2.24) is 5.32 Å². The van der Waals surface area contributed by atoms with Crippen LogP contribution in [0.4, 0.5) is 0 Å². The fraction of sp³-hybridized carbons (Fsp3) is 0.800. The first-order valence-electron chi connectivity index (χ1n) is 9.31. The van der Waals surface area contributed by atoms with E-state index in [1.54, 1.807) is 12.2 Å². The third-order valence-electron chi connectivity index (χ3n) is 5.07. The molecule has 2 fully saturated rings. The Balaban J connectivity index is 0.000000491. The number of hydrogen-bond donors (Lipinski definition) is 1. The average Bonchev–Trinajstić information content (AvgIpc) is 2.57. The van der Waals surface area contributed by atoms with Gasteiger partial charge < -0.3 is 5.32 Å². The van der Waals surface area contributed by atoms with Gasteiger partial charge in [0.05, 0.1) is 0 Å². The van der Waals surface area contributed by atoms with Crippen molar-refractivity contribution in [2.45, 2.75) is 77.0 Å². The van der Waals surface area contributed by atoms with Crippen LogP contribution >= 0.6 is 0 Å². The minimum absolute atomic E-state index is 1.05. The minimum Gasteiger partial charge on any atom is -0.317 e.